The maximum absolute atomic E-state index is 12.3. The summed E-state index contributed by atoms with van der Waals surface area (Å²) in [5.74, 6) is 0.0471. The normalized spacial score (nSPS) is 23.2. The first kappa shape index (κ1) is 14.1. The average Bonchev–Trinajstić information content (AvgIpc) is 3.09. The number of alkyl halides is 3. The molecular weight excluding hydrogens is 285 g/mol. The van der Waals surface area contributed by atoms with Crippen LogP contribution in [0.4, 0.5) is 13.2 Å². The Labute approximate surface area is 108 Å². The van der Waals surface area contributed by atoms with E-state index in [9.17, 15) is 21.6 Å². The fourth-order valence-corrected chi connectivity index (χ4v) is 3.28. The van der Waals surface area contributed by atoms with Crippen molar-refractivity contribution in [3.05, 3.63) is 29.8 Å². The van der Waals surface area contributed by atoms with Crippen LogP contribution in [0.25, 0.3) is 0 Å². The summed E-state index contributed by atoms with van der Waals surface area (Å²) in [6, 6.07) is 6.06. The minimum Gasteiger partial charge on any atom is -0.497 e. The first-order valence-corrected chi connectivity index (χ1v) is 7.02. The number of halogens is 3. The number of epoxide rings is 1. The van der Waals surface area contributed by atoms with Gasteiger partial charge >= 0.3 is 6.18 Å². The molecule has 2 unspecified atom stereocenters. The van der Waals surface area contributed by atoms with E-state index in [1.54, 1.807) is 12.1 Å². The first-order valence-electron chi connectivity index (χ1n) is 5.31. The molecule has 1 aromatic rings. The van der Waals surface area contributed by atoms with Crippen LogP contribution >= 0.6 is 0 Å². The zero-order valence-electron chi connectivity index (χ0n) is 9.85. The molecule has 0 aliphatic carbocycles. The van der Waals surface area contributed by atoms with Crippen molar-refractivity contribution >= 4 is 9.84 Å². The summed E-state index contributed by atoms with van der Waals surface area (Å²) in [6.07, 6.45) is -6.84. The third-order valence-electron chi connectivity index (χ3n) is 2.65. The number of hydrogen-bond acceptors (Lipinski definition) is 4. The van der Waals surface area contributed by atoms with E-state index < -0.39 is 33.3 Å². The van der Waals surface area contributed by atoms with Gasteiger partial charge in [0.05, 0.1) is 12.9 Å². The Balaban J connectivity index is 2.06. The van der Waals surface area contributed by atoms with Crippen molar-refractivity contribution in [1.29, 1.82) is 0 Å². The molecule has 1 fully saturated rings. The molecule has 106 valence electrons. The highest BCUT2D eigenvalue weighted by Gasteiger charge is 2.63. The number of rotatable bonds is 4. The molecule has 0 amide bonds. The second-order valence-electron chi connectivity index (χ2n) is 4.12. The van der Waals surface area contributed by atoms with Crippen molar-refractivity contribution < 1.29 is 31.1 Å². The number of methoxy groups -OCH3 is 1. The number of hydrogen-bond donors (Lipinski definition) is 0. The molecule has 0 aromatic heterocycles. The minimum absolute atomic E-state index is 0.386. The molecule has 2 rings (SSSR count). The van der Waals surface area contributed by atoms with Gasteiger partial charge in [-0.3, -0.25) is 0 Å². The third kappa shape index (κ3) is 3.19. The molecule has 1 heterocycles. The lowest BCUT2D eigenvalue weighted by Gasteiger charge is -2.04. The molecule has 0 radical (unpaired) electrons. The molecule has 0 bridgehead atoms. The van der Waals surface area contributed by atoms with E-state index in [1.807, 2.05) is 0 Å². The van der Waals surface area contributed by atoms with Crippen LogP contribution in [0.3, 0.4) is 0 Å². The highest BCUT2D eigenvalue weighted by molar-refractivity contribution is 7.91. The van der Waals surface area contributed by atoms with Gasteiger partial charge in [-0.2, -0.15) is 13.2 Å². The van der Waals surface area contributed by atoms with E-state index in [2.05, 4.69) is 4.74 Å². The van der Waals surface area contributed by atoms with Crippen molar-refractivity contribution in [2.75, 3.05) is 7.11 Å². The van der Waals surface area contributed by atoms with Gasteiger partial charge in [-0.1, -0.05) is 12.1 Å². The molecule has 1 aliphatic heterocycles. The standard InChI is InChI=1S/C11H11F3O4S/c1-17-8-4-2-7(3-5-8)6-19(15,16)10-9(18-10)11(12,13)14/h2-5,9-10H,6H2,1H3. The fraction of sp³-hybridized carbons (Fsp3) is 0.455. The predicted octanol–water partition coefficient (Wildman–Crippen LogP) is 1.90. The van der Waals surface area contributed by atoms with E-state index in [-0.39, 0.29) is 0 Å². The van der Waals surface area contributed by atoms with E-state index in [0.717, 1.165) is 0 Å². The largest absolute Gasteiger partial charge is 0.497 e. The molecule has 8 heteroatoms. The summed E-state index contributed by atoms with van der Waals surface area (Å²) in [4.78, 5) is 0. The van der Waals surface area contributed by atoms with Gasteiger partial charge in [0.15, 0.2) is 21.4 Å². The maximum atomic E-state index is 12.3. The molecule has 1 aliphatic rings. The lowest BCUT2D eigenvalue weighted by Crippen LogP contribution is -2.23. The summed E-state index contributed by atoms with van der Waals surface area (Å²) in [7, 11) is -2.52. The van der Waals surface area contributed by atoms with Crippen molar-refractivity contribution in [3.63, 3.8) is 0 Å². The number of benzene rings is 1. The summed E-state index contributed by atoms with van der Waals surface area (Å²) in [5, 5.41) is 0. The molecule has 0 N–H and O–H groups in total. The Hall–Kier alpha value is -1.28. The SMILES string of the molecule is COc1ccc(CS(=O)(=O)C2OC2C(F)(F)F)cc1. The van der Waals surface area contributed by atoms with Gasteiger partial charge in [0.25, 0.3) is 0 Å². The van der Waals surface area contributed by atoms with Gasteiger partial charge < -0.3 is 9.47 Å². The Morgan fingerprint density at radius 1 is 1.26 bits per heavy atom. The van der Waals surface area contributed by atoms with Gasteiger partial charge in [0.1, 0.15) is 5.75 Å². The summed E-state index contributed by atoms with van der Waals surface area (Å²) in [6.45, 7) is 0. The van der Waals surface area contributed by atoms with Crippen molar-refractivity contribution in [1.82, 2.24) is 0 Å². The van der Waals surface area contributed by atoms with Gasteiger partial charge in [0, 0.05) is 0 Å². The van der Waals surface area contributed by atoms with Crippen molar-refractivity contribution in [3.8, 4) is 5.75 Å². The zero-order valence-corrected chi connectivity index (χ0v) is 10.7. The highest BCUT2D eigenvalue weighted by Crippen LogP contribution is 2.41. The van der Waals surface area contributed by atoms with Crippen LogP contribution < -0.4 is 4.74 Å². The van der Waals surface area contributed by atoms with Gasteiger partial charge in [-0.05, 0) is 17.7 Å². The molecule has 2 atom stereocenters. The Bertz CT molecular complexity index is 550. The number of ether oxygens (including phenoxy) is 2. The molecule has 19 heavy (non-hydrogen) atoms. The molecule has 0 saturated carbocycles. The lowest BCUT2D eigenvalue weighted by molar-refractivity contribution is -0.146. The number of sulfone groups is 1. The van der Waals surface area contributed by atoms with E-state index >= 15 is 0 Å². The Morgan fingerprint density at radius 2 is 1.84 bits per heavy atom. The molecule has 1 saturated heterocycles. The van der Waals surface area contributed by atoms with Crippen molar-refractivity contribution in [2.45, 2.75) is 23.5 Å². The fourth-order valence-electron chi connectivity index (χ4n) is 1.64. The lowest BCUT2D eigenvalue weighted by atomic mass is 10.2. The van der Waals surface area contributed by atoms with Crippen LogP contribution in [0.2, 0.25) is 0 Å². The summed E-state index contributed by atoms with van der Waals surface area (Å²) >= 11 is 0. The third-order valence-corrected chi connectivity index (χ3v) is 4.46. The van der Waals surface area contributed by atoms with Gasteiger partial charge in [-0.25, -0.2) is 8.42 Å². The summed E-state index contributed by atoms with van der Waals surface area (Å²) < 4.78 is 69.3. The summed E-state index contributed by atoms with van der Waals surface area (Å²) in [5.41, 5.74) is -1.40. The maximum Gasteiger partial charge on any atom is 0.418 e. The monoisotopic (exact) mass is 296 g/mol. The molecule has 4 nitrogen and oxygen atoms in total. The molecule has 1 aromatic carbocycles. The second-order valence-corrected chi connectivity index (χ2v) is 6.20. The van der Waals surface area contributed by atoms with E-state index in [4.69, 9.17) is 4.74 Å². The van der Waals surface area contributed by atoms with E-state index in [0.29, 0.717) is 11.3 Å². The van der Waals surface area contributed by atoms with Crippen molar-refractivity contribution in [2.24, 2.45) is 0 Å². The quantitative estimate of drug-likeness (QED) is 0.796. The average molecular weight is 296 g/mol. The van der Waals surface area contributed by atoms with Crippen LogP contribution in [-0.4, -0.2) is 33.2 Å². The van der Waals surface area contributed by atoms with E-state index in [1.165, 1.54) is 19.2 Å². The first-order chi connectivity index (χ1) is 8.74. The van der Waals surface area contributed by atoms with Crippen LogP contribution in [0.5, 0.6) is 5.75 Å². The predicted molar refractivity (Wildman–Crippen MR) is 60.3 cm³/mol. The Morgan fingerprint density at radius 3 is 2.26 bits per heavy atom. The van der Waals surface area contributed by atoms with Gasteiger partial charge in [0.2, 0.25) is 0 Å². The topological polar surface area (TPSA) is 55.9 Å². The molecule has 0 spiro atoms. The Kier molecular flexibility index (Phi) is 3.48. The van der Waals surface area contributed by atoms with Crippen LogP contribution in [0.15, 0.2) is 24.3 Å². The van der Waals surface area contributed by atoms with Crippen LogP contribution in [0, 0.1) is 0 Å². The minimum atomic E-state index is -4.64. The molecular formula is C11H11F3O4S. The smallest absolute Gasteiger partial charge is 0.418 e. The highest BCUT2D eigenvalue weighted by atomic mass is 32.2. The zero-order chi connectivity index (χ0) is 14.3. The second kappa shape index (κ2) is 4.68. The van der Waals surface area contributed by atoms with Gasteiger partial charge in [-0.15, -0.1) is 0 Å². The van der Waals surface area contributed by atoms with Crippen LogP contribution in [0.1, 0.15) is 5.56 Å². The van der Waals surface area contributed by atoms with Crippen LogP contribution in [-0.2, 0) is 20.3 Å².